The van der Waals surface area contributed by atoms with Crippen LogP contribution in [0.3, 0.4) is 0 Å². The summed E-state index contributed by atoms with van der Waals surface area (Å²) in [6.07, 6.45) is 4.12. The number of aliphatic hydroxyl groups excluding tert-OH is 2. The molecule has 4 N–H and O–H groups in total. The van der Waals surface area contributed by atoms with Gasteiger partial charge in [-0.3, -0.25) is 4.98 Å². The van der Waals surface area contributed by atoms with Crippen LogP contribution in [0.25, 0.3) is 28.0 Å². The molecule has 0 saturated heterocycles. The summed E-state index contributed by atoms with van der Waals surface area (Å²) in [5, 5.41) is 24.0. The molecule has 8 heteroatoms. The van der Waals surface area contributed by atoms with E-state index in [2.05, 4.69) is 17.0 Å². The first-order chi connectivity index (χ1) is 16.1. The fourth-order valence-corrected chi connectivity index (χ4v) is 3.74. The topological polar surface area (TPSA) is 119 Å². The zero-order valence-corrected chi connectivity index (χ0v) is 18.7. The van der Waals surface area contributed by atoms with Gasteiger partial charge in [0.1, 0.15) is 5.75 Å². The molecule has 3 heterocycles. The number of hydrogen-bond acceptors (Lipinski definition) is 7. The minimum atomic E-state index is -0.150. The molecule has 4 rings (SSSR count). The van der Waals surface area contributed by atoms with Gasteiger partial charge in [-0.25, -0.2) is 9.67 Å². The van der Waals surface area contributed by atoms with E-state index in [1.807, 2.05) is 42.5 Å². The van der Waals surface area contributed by atoms with E-state index in [-0.39, 0.29) is 19.3 Å². The lowest BCUT2D eigenvalue weighted by atomic mass is 10.1. The molecule has 0 radical (unpaired) electrons. The van der Waals surface area contributed by atoms with Crippen LogP contribution >= 0.6 is 0 Å². The first-order valence-corrected chi connectivity index (χ1v) is 11.2. The molecule has 0 aliphatic heterocycles. The van der Waals surface area contributed by atoms with Crippen molar-refractivity contribution in [3.05, 3.63) is 66.1 Å². The summed E-state index contributed by atoms with van der Waals surface area (Å²) in [5.41, 5.74) is 10.2. The number of ether oxygens (including phenoxy) is 1. The van der Waals surface area contributed by atoms with Gasteiger partial charge in [-0.05, 0) is 42.8 Å². The number of nitrogens with two attached hydrogens (primary N) is 1. The van der Waals surface area contributed by atoms with E-state index in [9.17, 15) is 10.2 Å². The summed E-state index contributed by atoms with van der Waals surface area (Å²) in [4.78, 5) is 9.31. The van der Waals surface area contributed by atoms with Gasteiger partial charge in [0.15, 0.2) is 5.82 Å². The van der Waals surface area contributed by atoms with Gasteiger partial charge in [-0.15, -0.1) is 0 Å². The van der Waals surface area contributed by atoms with Gasteiger partial charge in [0.2, 0.25) is 0 Å². The SMILES string of the molecule is CCC[C@H](N)c1cccc(-c2cc(OCCCO)c3cnn(-c4cccc(CO)n4)c3c2)n1. The van der Waals surface area contributed by atoms with Crippen molar-refractivity contribution < 1.29 is 14.9 Å². The first-order valence-electron chi connectivity index (χ1n) is 11.2. The number of benzene rings is 1. The summed E-state index contributed by atoms with van der Waals surface area (Å²) >= 11 is 0. The molecule has 0 spiro atoms. The smallest absolute Gasteiger partial charge is 0.154 e. The van der Waals surface area contributed by atoms with Crippen molar-refractivity contribution in [2.75, 3.05) is 13.2 Å². The number of hydrogen-bond donors (Lipinski definition) is 3. The number of rotatable bonds is 10. The van der Waals surface area contributed by atoms with Gasteiger partial charge >= 0.3 is 0 Å². The Balaban J connectivity index is 1.84. The van der Waals surface area contributed by atoms with Gasteiger partial charge in [-0.2, -0.15) is 5.10 Å². The quantitative estimate of drug-likeness (QED) is 0.318. The second-order valence-corrected chi connectivity index (χ2v) is 7.88. The number of pyridine rings is 2. The molecule has 0 amide bonds. The third-order valence-electron chi connectivity index (χ3n) is 5.43. The van der Waals surface area contributed by atoms with Gasteiger partial charge in [0, 0.05) is 24.6 Å². The van der Waals surface area contributed by atoms with Crippen molar-refractivity contribution >= 4 is 10.9 Å². The normalized spacial score (nSPS) is 12.2. The zero-order chi connectivity index (χ0) is 23.2. The van der Waals surface area contributed by atoms with Crippen LogP contribution in [0.15, 0.2) is 54.7 Å². The van der Waals surface area contributed by atoms with Crippen LogP contribution in [0.5, 0.6) is 5.75 Å². The predicted octanol–water partition coefficient (Wildman–Crippen LogP) is 3.54. The van der Waals surface area contributed by atoms with Crippen LogP contribution in [0, 0.1) is 0 Å². The van der Waals surface area contributed by atoms with E-state index in [4.69, 9.17) is 15.5 Å². The van der Waals surface area contributed by atoms with Crippen molar-refractivity contribution in [3.8, 4) is 22.8 Å². The fourth-order valence-electron chi connectivity index (χ4n) is 3.74. The maximum absolute atomic E-state index is 9.49. The van der Waals surface area contributed by atoms with E-state index in [1.54, 1.807) is 16.9 Å². The van der Waals surface area contributed by atoms with Crippen LogP contribution in [-0.4, -0.2) is 43.2 Å². The van der Waals surface area contributed by atoms with Crippen molar-refractivity contribution in [1.29, 1.82) is 0 Å². The lowest BCUT2D eigenvalue weighted by Crippen LogP contribution is -2.11. The molecule has 4 aromatic rings. The Morgan fingerprint density at radius 1 is 1.09 bits per heavy atom. The van der Waals surface area contributed by atoms with Crippen molar-refractivity contribution in [1.82, 2.24) is 19.7 Å². The molecule has 0 fully saturated rings. The fraction of sp³-hybridized carbons (Fsp3) is 0.320. The highest BCUT2D eigenvalue weighted by Crippen LogP contribution is 2.33. The van der Waals surface area contributed by atoms with Gasteiger partial charge in [0.05, 0.1) is 47.4 Å². The maximum Gasteiger partial charge on any atom is 0.154 e. The summed E-state index contributed by atoms with van der Waals surface area (Å²) in [6, 6.07) is 15.1. The van der Waals surface area contributed by atoms with Crippen LogP contribution in [0.1, 0.15) is 43.6 Å². The second kappa shape index (κ2) is 10.5. The number of aliphatic hydroxyl groups is 2. The Morgan fingerprint density at radius 3 is 2.73 bits per heavy atom. The summed E-state index contributed by atoms with van der Waals surface area (Å²) in [6.45, 7) is 2.39. The summed E-state index contributed by atoms with van der Waals surface area (Å²) < 4.78 is 7.73. The minimum absolute atomic E-state index is 0.0544. The summed E-state index contributed by atoms with van der Waals surface area (Å²) in [7, 11) is 0. The number of nitrogens with zero attached hydrogens (tertiary/aromatic N) is 4. The highest BCUT2D eigenvalue weighted by Gasteiger charge is 2.16. The Bertz CT molecular complexity index is 1220. The van der Waals surface area contributed by atoms with Crippen LogP contribution in [-0.2, 0) is 6.61 Å². The van der Waals surface area contributed by atoms with Gasteiger partial charge in [-0.1, -0.05) is 25.5 Å². The van der Waals surface area contributed by atoms with Crippen LogP contribution < -0.4 is 10.5 Å². The highest BCUT2D eigenvalue weighted by atomic mass is 16.5. The minimum Gasteiger partial charge on any atom is -0.493 e. The van der Waals surface area contributed by atoms with Crippen LogP contribution in [0.2, 0.25) is 0 Å². The Morgan fingerprint density at radius 2 is 1.94 bits per heavy atom. The predicted molar refractivity (Wildman–Crippen MR) is 127 cm³/mol. The monoisotopic (exact) mass is 447 g/mol. The highest BCUT2D eigenvalue weighted by molar-refractivity contribution is 5.90. The maximum atomic E-state index is 9.49. The Labute approximate surface area is 192 Å². The Hall–Kier alpha value is -3.33. The Kier molecular flexibility index (Phi) is 7.29. The molecule has 33 heavy (non-hydrogen) atoms. The molecular weight excluding hydrogens is 418 g/mol. The number of aromatic nitrogens is 4. The molecule has 8 nitrogen and oxygen atoms in total. The lowest BCUT2D eigenvalue weighted by Gasteiger charge is -2.13. The molecule has 1 atom stereocenters. The van der Waals surface area contributed by atoms with E-state index < -0.39 is 0 Å². The first kappa shape index (κ1) is 22.8. The van der Waals surface area contributed by atoms with Crippen molar-refractivity contribution in [2.24, 2.45) is 5.73 Å². The molecule has 0 aliphatic carbocycles. The standard InChI is InChI=1S/C25H29N5O3/c1-2-6-20(26)22-9-4-8-21(29-22)17-13-23-19(24(14-17)33-12-5-11-31)15-27-30(23)25-10-3-7-18(16-32)28-25/h3-4,7-10,13-15,20,31-32H,2,5-6,11-12,16,26H2,1H3/t20-/m0/s1. The third-order valence-corrected chi connectivity index (χ3v) is 5.43. The van der Waals surface area contributed by atoms with Crippen LogP contribution in [0.4, 0.5) is 0 Å². The average molecular weight is 448 g/mol. The van der Waals surface area contributed by atoms with Gasteiger partial charge in [0.25, 0.3) is 0 Å². The number of fused-ring (bicyclic) bond motifs is 1. The third kappa shape index (κ3) is 5.03. The lowest BCUT2D eigenvalue weighted by molar-refractivity contribution is 0.235. The molecular formula is C25H29N5O3. The molecule has 172 valence electrons. The molecule has 0 aliphatic rings. The molecule has 0 bridgehead atoms. The summed E-state index contributed by atoms with van der Waals surface area (Å²) in [5.74, 6) is 1.26. The molecule has 3 aromatic heterocycles. The van der Waals surface area contributed by atoms with Crippen molar-refractivity contribution in [2.45, 2.75) is 38.8 Å². The zero-order valence-electron chi connectivity index (χ0n) is 18.7. The van der Waals surface area contributed by atoms with E-state index in [0.717, 1.165) is 40.7 Å². The average Bonchev–Trinajstić information content (AvgIpc) is 3.29. The van der Waals surface area contributed by atoms with E-state index in [1.165, 1.54) is 0 Å². The van der Waals surface area contributed by atoms with E-state index >= 15 is 0 Å². The van der Waals surface area contributed by atoms with Crippen molar-refractivity contribution in [3.63, 3.8) is 0 Å². The second-order valence-electron chi connectivity index (χ2n) is 7.88. The largest absolute Gasteiger partial charge is 0.493 e. The molecule has 0 saturated carbocycles. The molecule has 0 unspecified atom stereocenters. The molecule has 1 aromatic carbocycles. The van der Waals surface area contributed by atoms with Gasteiger partial charge < -0.3 is 20.7 Å². The van der Waals surface area contributed by atoms with E-state index in [0.29, 0.717) is 30.3 Å².